The molecule has 0 unspecified atom stereocenters. The Hall–Kier alpha value is -2.42. The quantitative estimate of drug-likeness (QED) is 0.113. The summed E-state index contributed by atoms with van der Waals surface area (Å²) < 4.78 is 16.0. The van der Waals surface area contributed by atoms with Gasteiger partial charge in [-0.15, -0.1) is 11.8 Å². The van der Waals surface area contributed by atoms with Gasteiger partial charge in [0.15, 0.2) is 4.80 Å². The number of ether oxygens (including phenoxy) is 2. The first-order valence-corrected chi connectivity index (χ1v) is 17.4. The van der Waals surface area contributed by atoms with Gasteiger partial charge in [-0.1, -0.05) is 53.8 Å². The van der Waals surface area contributed by atoms with E-state index in [9.17, 15) is 9.59 Å². The zero-order valence-electron chi connectivity index (χ0n) is 23.4. The summed E-state index contributed by atoms with van der Waals surface area (Å²) in [5, 5.41) is 0. The lowest BCUT2D eigenvalue weighted by Gasteiger charge is -2.25. The lowest BCUT2D eigenvalue weighted by atomic mass is 9.96. The van der Waals surface area contributed by atoms with E-state index in [-0.39, 0.29) is 11.7 Å². The molecule has 1 atom stereocenters. The molecule has 10 heteroatoms. The molecule has 0 spiro atoms. The fourth-order valence-corrected chi connectivity index (χ4v) is 8.16. The molecule has 0 bridgehead atoms. The second-order valence-electron chi connectivity index (χ2n) is 9.89. The van der Waals surface area contributed by atoms with Gasteiger partial charge in [0, 0.05) is 14.0 Å². The zero-order chi connectivity index (χ0) is 30.0. The van der Waals surface area contributed by atoms with E-state index in [0.717, 1.165) is 28.7 Å². The molecule has 2 heterocycles. The molecule has 42 heavy (non-hydrogen) atoms. The number of nitrogens with zero attached hydrogens (tertiary/aromatic N) is 2. The van der Waals surface area contributed by atoms with Crippen LogP contribution < -0.4 is 19.6 Å². The molecule has 5 rings (SSSR count). The fraction of sp³-hybridized carbons (Fsp3) is 0.219. The summed E-state index contributed by atoms with van der Waals surface area (Å²) >= 11 is 7.49. The minimum absolute atomic E-state index is 0.220. The number of esters is 1. The SMILES string of the molecule is CSc1ccc([C@H]2C(C(=O)OC(C)C)=C(C)N=c3s/c(=C\c4cc(I)cc(I)c4OCc4ccccc4)c(=O)n32)cc1. The number of aromatic nitrogens is 1. The van der Waals surface area contributed by atoms with Crippen LogP contribution in [0.15, 0.2) is 92.7 Å². The Morgan fingerprint density at radius 2 is 1.83 bits per heavy atom. The Kier molecular flexibility index (Phi) is 9.95. The zero-order valence-corrected chi connectivity index (χ0v) is 29.3. The number of halogens is 2. The number of fused-ring (bicyclic) bond motifs is 1. The van der Waals surface area contributed by atoms with E-state index in [1.54, 1.807) is 23.3 Å². The summed E-state index contributed by atoms with van der Waals surface area (Å²) in [7, 11) is 0. The topological polar surface area (TPSA) is 69.9 Å². The number of rotatable bonds is 8. The number of carbonyl (C=O) groups excluding carboxylic acids is 1. The Morgan fingerprint density at radius 1 is 1.12 bits per heavy atom. The van der Waals surface area contributed by atoms with Gasteiger partial charge in [0.05, 0.1) is 31.5 Å². The van der Waals surface area contributed by atoms with Crippen LogP contribution in [0.3, 0.4) is 0 Å². The van der Waals surface area contributed by atoms with Gasteiger partial charge in [-0.2, -0.15) is 0 Å². The van der Waals surface area contributed by atoms with Crippen LogP contribution in [0.2, 0.25) is 0 Å². The maximum atomic E-state index is 14.1. The van der Waals surface area contributed by atoms with Crippen molar-refractivity contribution < 1.29 is 14.3 Å². The third kappa shape index (κ3) is 6.71. The van der Waals surface area contributed by atoms with Crippen LogP contribution in [-0.4, -0.2) is 22.9 Å². The van der Waals surface area contributed by atoms with Crippen molar-refractivity contribution in [3.05, 3.63) is 122 Å². The Balaban J connectivity index is 1.65. The summed E-state index contributed by atoms with van der Waals surface area (Å²) in [6.07, 6.45) is 3.57. The summed E-state index contributed by atoms with van der Waals surface area (Å²) in [5.41, 5.74) is 3.38. The van der Waals surface area contributed by atoms with E-state index in [0.29, 0.717) is 33.0 Å². The second-order valence-corrected chi connectivity index (χ2v) is 14.2. The summed E-state index contributed by atoms with van der Waals surface area (Å²) in [4.78, 5) is 33.9. The normalized spacial score (nSPS) is 15.0. The molecule has 6 nitrogen and oxygen atoms in total. The lowest BCUT2D eigenvalue weighted by Crippen LogP contribution is -2.40. The van der Waals surface area contributed by atoms with E-state index in [1.165, 1.54) is 11.3 Å². The van der Waals surface area contributed by atoms with Crippen LogP contribution in [0, 0.1) is 7.14 Å². The first kappa shape index (κ1) is 31.0. The van der Waals surface area contributed by atoms with Gasteiger partial charge >= 0.3 is 5.97 Å². The molecular weight excluding hydrogens is 794 g/mol. The number of thioether (sulfide) groups is 1. The van der Waals surface area contributed by atoms with Crippen molar-refractivity contribution in [2.24, 2.45) is 4.99 Å². The molecule has 0 aliphatic carbocycles. The molecule has 3 aromatic carbocycles. The van der Waals surface area contributed by atoms with Crippen molar-refractivity contribution in [2.45, 2.75) is 44.4 Å². The van der Waals surface area contributed by atoms with Crippen molar-refractivity contribution >= 4 is 80.3 Å². The first-order chi connectivity index (χ1) is 20.2. The number of thiazole rings is 1. The third-order valence-electron chi connectivity index (χ3n) is 6.57. The standard InChI is InChI=1S/C32H28I2N2O4S2/c1-18(2)40-31(38)27-19(3)35-32-36(28(27)21-10-12-24(41-4)13-11-21)30(37)26(42-32)15-22-14-23(33)16-25(34)29(22)39-17-20-8-6-5-7-9-20/h5-16,18,28H,17H2,1-4H3/b26-15-/t28-/m0/s1. The van der Waals surface area contributed by atoms with Gasteiger partial charge in [-0.05, 0) is 114 Å². The molecule has 0 fully saturated rings. The van der Waals surface area contributed by atoms with E-state index >= 15 is 0 Å². The molecule has 0 amide bonds. The maximum absolute atomic E-state index is 14.1. The Bertz CT molecular complexity index is 1850. The Labute approximate surface area is 279 Å². The summed E-state index contributed by atoms with van der Waals surface area (Å²) in [6.45, 7) is 5.83. The minimum atomic E-state index is -0.657. The van der Waals surface area contributed by atoms with Gasteiger partial charge in [0.25, 0.3) is 5.56 Å². The van der Waals surface area contributed by atoms with Crippen LogP contribution in [0.5, 0.6) is 5.75 Å². The van der Waals surface area contributed by atoms with Crippen molar-refractivity contribution in [1.29, 1.82) is 0 Å². The van der Waals surface area contributed by atoms with Crippen molar-refractivity contribution in [3.63, 3.8) is 0 Å². The highest BCUT2D eigenvalue weighted by atomic mass is 127. The maximum Gasteiger partial charge on any atom is 0.338 e. The number of benzene rings is 3. The van der Waals surface area contributed by atoms with Crippen LogP contribution in [0.1, 0.15) is 43.5 Å². The van der Waals surface area contributed by atoms with E-state index < -0.39 is 12.0 Å². The molecule has 0 saturated heterocycles. The van der Waals surface area contributed by atoms with Crippen molar-refractivity contribution in [3.8, 4) is 5.75 Å². The predicted octanol–water partition coefficient (Wildman–Crippen LogP) is 6.70. The van der Waals surface area contributed by atoms with Gasteiger partial charge in [-0.25, -0.2) is 9.79 Å². The average molecular weight is 823 g/mol. The molecule has 1 aliphatic rings. The van der Waals surface area contributed by atoms with Gasteiger partial charge in [0.1, 0.15) is 12.4 Å². The van der Waals surface area contributed by atoms with E-state index in [1.807, 2.05) is 86.8 Å². The van der Waals surface area contributed by atoms with Gasteiger partial charge < -0.3 is 9.47 Å². The van der Waals surface area contributed by atoms with Gasteiger partial charge in [0.2, 0.25) is 0 Å². The van der Waals surface area contributed by atoms with Crippen LogP contribution in [0.25, 0.3) is 6.08 Å². The van der Waals surface area contributed by atoms with Crippen LogP contribution >= 0.6 is 68.3 Å². The van der Waals surface area contributed by atoms with Gasteiger partial charge in [-0.3, -0.25) is 9.36 Å². The number of hydrogen-bond acceptors (Lipinski definition) is 7. The largest absolute Gasteiger partial charge is 0.487 e. The van der Waals surface area contributed by atoms with Crippen molar-refractivity contribution in [2.75, 3.05) is 6.26 Å². The lowest BCUT2D eigenvalue weighted by molar-refractivity contribution is -0.143. The summed E-state index contributed by atoms with van der Waals surface area (Å²) in [6, 6.07) is 21.3. The highest BCUT2D eigenvalue weighted by Crippen LogP contribution is 2.33. The molecule has 4 aromatic rings. The molecule has 0 N–H and O–H groups in total. The summed E-state index contributed by atoms with van der Waals surface area (Å²) in [5.74, 6) is 0.246. The molecule has 1 aromatic heterocycles. The van der Waals surface area contributed by atoms with Crippen LogP contribution in [0.4, 0.5) is 0 Å². The average Bonchev–Trinajstić information content (AvgIpc) is 3.25. The van der Waals surface area contributed by atoms with Crippen LogP contribution in [-0.2, 0) is 16.1 Å². The molecule has 0 saturated carbocycles. The fourth-order valence-electron chi connectivity index (χ4n) is 4.67. The minimum Gasteiger partial charge on any atom is -0.487 e. The molecule has 0 radical (unpaired) electrons. The van der Waals surface area contributed by atoms with E-state index in [4.69, 9.17) is 14.5 Å². The Morgan fingerprint density at radius 3 is 2.50 bits per heavy atom. The van der Waals surface area contributed by atoms with E-state index in [2.05, 4.69) is 51.2 Å². The second kappa shape index (κ2) is 13.5. The molecular formula is C32H28I2N2O4S2. The highest BCUT2D eigenvalue weighted by molar-refractivity contribution is 14.1. The number of carbonyl (C=O) groups is 1. The molecule has 216 valence electrons. The van der Waals surface area contributed by atoms with Crippen molar-refractivity contribution in [1.82, 2.24) is 4.57 Å². The monoisotopic (exact) mass is 822 g/mol. The number of hydrogen-bond donors (Lipinski definition) is 0. The molecule has 1 aliphatic heterocycles. The number of allylic oxidation sites excluding steroid dienone is 1. The highest BCUT2D eigenvalue weighted by Gasteiger charge is 2.33. The first-order valence-electron chi connectivity index (χ1n) is 13.2. The smallest absolute Gasteiger partial charge is 0.338 e. The predicted molar refractivity (Wildman–Crippen MR) is 186 cm³/mol. The third-order valence-corrected chi connectivity index (χ3v) is 9.72.